The summed E-state index contributed by atoms with van der Waals surface area (Å²) >= 11 is 4.27. The van der Waals surface area contributed by atoms with E-state index in [2.05, 4.69) is 12.6 Å². The molecule has 0 N–H and O–H groups in total. The lowest BCUT2D eigenvalue weighted by molar-refractivity contribution is -0.117. The second kappa shape index (κ2) is 5.52. The molecule has 1 saturated heterocycles. The molecule has 1 unspecified atom stereocenters. The Morgan fingerprint density at radius 1 is 1.33 bits per heavy atom. The van der Waals surface area contributed by atoms with Crippen LogP contribution in [0.1, 0.15) is 6.42 Å². The number of hydrogen-bond acceptors (Lipinski definition) is 4. The number of thiol groups is 1. The molecule has 0 radical (unpaired) electrons. The number of carbonyl (C=O) groups is 1. The van der Waals surface area contributed by atoms with E-state index in [-0.39, 0.29) is 11.8 Å². The third-order valence-electron chi connectivity index (χ3n) is 3.14. The Balaban J connectivity index is 2.40. The molecule has 98 valence electrons. The first-order valence-electron chi connectivity index (χ1n) is 5.83. The molecule has 0 spiro atoms. The van der Waals surface area contributed by atoms with Gasteiger partial charge in [-0.15, -0.1) is 0 Å². The molecular formula is C13H17NO3S. The van der Waals surface area contributed by atoms with Crippen molar-refractivity contribution in [3.8, 4) is 11.5 Å². The molecule has 0 saturated carbocycles. The minimum absolute atomic E-state index is 0.0943. The molecule has 5 heteroatoms. The lowest BCUT2D eigenvalue weighted by Gasteiger charge is -2.22. The van der Waals surface area contributed by atoms with E-state index in [4.69, 9.17) is 9.47 Å². The first-order valence-corrected chi connectivity index (χ1v) is 6.46. The minimum Gasteiger partial charge on any atom is -0.494 e. The van der Waals surface area contributed by atoms with Crippen LogP contribution >= 0.6 is 12.6 Å². The Kier molecular flexibility index (Phi) is 4.01. The maximum absolute atomic E-state index is 12.1. The minimum atomic E-state index is 0.0943. The summed E-state index contributed by atoms with van der Waals surface area (Å²) in [5.41, 5.74) is 0.719. The van der Waals surface area contributed by atoms with Gasteiger partial charge in [-0.3, -0.25) is 4.79 Å². The first kappa shape index (κ1) is 13.1. The van der Waals surface area contributed by atoms with Gasteiger partial charge in [-0.1, -0.05) is 6.07 Å². The van der Waals surface area contributed by atoms with Crippen molar-refractivity contribution in [3.05, 3.63) is 18.2 Å². The van der Waals surface area contributed by atoms with E-state index in [0.29, 0.717) is 30.2 Å². The van der Waals surface area contributed by atoms with Crippen molar-refractivity contribution in [1.82, 2.24) is 0 Å². The molecule has 1 aromatic carbocycles. The number of carbonyl (C=O) groups excluding carboxylic acids is 1. The van der Waals surface area contributed by atoms with E-state index in [9.17, 15) is 4.79 Å². The highest BCUT2D eigenvalue weighted by Crippen LogP contribution is 2.40. The van der Waals surface area contributed by atoms with Gasteiger partial charge in [0.25, 0.3) is 0 Å². The fraction of sp³-hybridized carbons (Fsp3) is 0.462. The molecule has 1 fully saturated rings. The van der Waals surface area contributed by atoms with Crippen LogP contribution in [0.2, 0.25) is 0 Å². The molecule has 1 aliphatic rings. The average molecular weight is 267 g/mol. The van der Waals surface area contributed by atoms with Gasteiger partial charge in [0.15, 0.2) is 0 Å². The highest BCUT2D eigenvalue weighted by Gasteiger charge is 2.33. The number of hydrogen-bond donors (Lipinski definition) is 1. The average Bonchev–Trinajstić information content (AvgIpc) is 2.78. The third-order valence-corrected chi connectivity index (χ3v) is 3.65. The smallest absolute Gasteiger partial charge is 0.227 e. The predicted molar refractivity (Wildman–Crippen MR) is 73.9 cm³/mol. The van der Waals surface area contributed by atoms with Crippen molar-refractivity contribution in [3.63, 3.8) is 0 Å². The summed E-state index contributed by atoms with van der Waals surface area (Å²) < 4.78 is 10.6. The maximum Gasteiger partial charge on any atom is 0.227 e. The van der Waals surface area contributed by atoms with Crippen molar-refractivity contribution in [2.24, 2.45) is 5.92 Å². The van der Waals surface area contributed by atoms with Gasteiger partial charge in [0, 0.05) is 13.0 Å². The van der Waals surface area contributed by atoms with Crippen LogP contribution in [-0.4, -0.2) is 32.4 Å². The molecule has 1 aromatic rings. The lowest BCUT2D eigenvalue weighted by Crippen LogP contribution is -2.25. The van der Waals surface area contributed by atoms with Crippen molar-refractivity contribution < 1.29 is 14.3 Å². The number of methoxy groups -OCH3 is 2. The van der Waals surface area contributed by atoms with Crippen LogP contribution in [0, 0.1) is 5.92 Å². The van der Waals surface area contributed by atoms with Gasteiger partial charge in [-0.25, -0.2) is 0 Å². The second-order valence-corrected chi connectivity index (χ2v) is 4.63. The molecule has 0 aromatic heterocycles. The van der Waals surface area contributed by atoms with Gasteiger partial charge in [-0.2, -0.15) is 12.6 Å². The summed E-state index contributed by atoms with van der Waals surface area (Å²) in [6.07, 6.45) is 0.532. The van der Waals surface area contributed by atoms with Gasteiger partial charge in [0.05, 0.1) is 14.2 Å². The molecule has 1 atom stereocenters. The van der Waals surface area contributed by atoms with Gasteiger partial charge in [0.2, 0.25) is 5.91 Å². The summed E-state index contributed by atoms with van der Waals surface area (Å²) in [7, 11) is 3.18. The predicted octanol–water partition coefficient (Wildman–Crippen LogP) is 1.99. The fourth-order valence-electron chi connectivity index (χ4n) is 2.22. The summed E-state index contributed by atoms with van der Waals surface area (Å²) in [5.74, 6) is 2.40. The topological polar surface area (TPSA) is 38.8 Å². The molecule has 0 bridgehead atoms. The molecule has 1 heterocycles. The van der Waals surface area contributed by atoms with E-state index in [1.807, 2.05) is 18.2 Å². The molecule has 0 aliphatic carbocycles. The number of anilines is 1. The Bertz CT molecular complexity index is 428. The number of nitrogens with zero attached hydrogens (tertiary/aromatic N) is 1. The maximum atomic E-state index is 12.1. The number of ether oxygens (including phenoxy) is 2. The number of rotatable bonds is 4. The van der Waals surface area contributed by atoms with Crippen LogP contribution in [0.5, 0.6) is 11.5 Å². The summed E-state index contributed by atoms with van der Waals surface area (Å²) in [6, 6.07) is 5.51. The second-order valence-electron chi connectivity index (χ2n) is 4.27. The summed E-state index contributed by atoms with van der Waals surface area (Å²) in [5, 5.41) is 0. The standard InChI is InChI=1S/C13H17NO3S/c1-16-10-4-3-5-11(17-2)13(10)14-7-9(8-18)6-12(14)15/h3-5,9,18H,6-8H2,1-2H3. The third kappa shape index (κ3) is 2.27. The van der Waals surface area contributed by atoms with Gasteiger partial charge >= 0.3 is 0 Å². The van der Waals surface area contributed by atoms with Crippen LogP contribution in [-0.2, 0) is 4.79 Å². The van der Waals surface area contributed by atoms with Crippen molar-refractivity contribution in [1.29, 1.82) is 0 Å². The lowest BCUT2D eigenvalue weighted by atomic mass is 10.1. The molecule has 1 amide bonds. The molecular weight excluding hydrogens is 250 g/mol. The quantitative estimate of drug-likeness (QED) is 0.848. The van der Waals surface area contributed by atoms with Gasteiger partial charge in [0.1, 0.15) is 17.2 Å². The van der Waals surface area contributed by atoms with E-state index < -0.39 is 0 Å². The van der Waals surface area contributed by atoms with Crippen molar-refractivity contribution in [2.45, 2.75) is 6.42 Å². The molecule has 2 rings (SSSR count). The largest absolute Gasteiger partial charge is 0.494 e. The Hall–Kier alpha value is -1.36. The Morgan fingerprint density at radius 2 is 1.94 bits per heavy atom. The zero-order valence-electron chi connectivity index (χ0n) is 10.5. The van der Waals surface area contributed by atoms with E-state index >= 15 is 0 Å². The van der Waals surface area contributed by atoms with Crippen LogP contribution in [0.15, 0.2) is 18.2 Å². The van der Waals surface area contributed by atoms with Gasteiger partial charge in [-0.05, 0) is 23.8 Å². The summed E-state index contributed by atoms with van der Waals surface area (Å²) in [6.45, 7) is 0.666. The zero-order chi connectivity index (χ0) is 13.1. The summed E-state index contributed by atoms with van der Waals surface area (Å²) in [4.78, 5) is 13.8. The zero-order valence-corrected chi connectivity index (χ0v) is 11.4. The number of benzene rings is 1. The highest BCUT2D eigenvalue weighted by molar-refractivity contribution is 7.80. The highest BCUT2D eigenvalue weighted by atomic mass is 32.1. The molecule has 1 aliphatic heterocycles. The monoisotopic (exact) mass is 267 g/mol. The van der Waals surface area contributed by atoms with Gasteiger partial charge < -0.3 is 14.4 Å². The fourth-order valence-corrected chi connectivity index (χ4v) is 2.46. The normalized spacial score (nSPS) is 19.2. The van der Waals surface area contributed by atoms with E-state index in [1.54, 1.807) is 19.1 Å². The van der Waals surface area contributed by atoms with Crippen LogP contribution in [0.4, 0.5) is 5.69 Å². The molecule has 18 heavy (non-hydrogen) atoms. The van der Waals surface area contributed by atoms with E-state index in [0.717, 1.165) is 5.69 Å². The number of para-hydroxylation sites is 1. The van der Waals surface area contributed by atoms with Crippen molar-refractivity contribution >= 4 is 24.2 Å². The first-order chi connectivity index (χ1) is 8.71. The van der Waals surface area contributed by atoms with Crippen LogP contribution < -0.4 is 14.4 Å². The Morgan fingerprint density at radius 3 is 2.39 bits per heavy atom. The number of amides is 1. The van der Waals surface area contributed by atoms with Crippen LogP contribution in [0.25, 0.3) is 0 Å². The molecule has 4 nitrogen and oxygen atoms in total. The van der Waals surface area contributed by atoms with Crippen molar-refractivity contribution in [2.75, 3.05) is 31.4 Å². The Labute approximate surface area is 112 Å². The van der Waals surface area contributed by atoms with E-state index in [1.165, 1.54) is 0 Å². The SMILES string of the molecule is COc1cccc(OC)c1N1CC(CS)CC1=O. The van der Waals surface area contributed by atoms with Crippen LogP contribution in [0.3, 0.4) is 0 Å².